The number of carbonyl (C=O) groups excluding carboxylic acids is 1. The molecule has 1 heterocycles. The molecule has 0 aromatic carbocycles. The summed E-state index contributed by atoms with van der Waals surface area (Å²) in [6, 6.07) is 0. The van der Waals surface area contributed by atoms with Crippen LogP contribution >= 0.6 is 0 Å². The van der Waals surface area contributed by atoms with E-state index in [1.54, 1.807) is 5.01 Å². The lowest BCUT2D eigenvalue weighted by molar-refractivity contribution is -0.132. The van der Waals surface area contributed by atoms with Gasteiger partial charge in [-0.1, -0.05) is 27.2 Å². The number of nitrogens with zero attached hydrogens (tertiary/aromatic N) is 2. The van der Waals surface area contributed by atoms with Gasteiger partial charge in [0.05, 0.1) is 11.6 Å². The largest absolute Gasteiger partial charge is 0.330 e. The van der Waals surface area contributed by atoms with E-state index >= 15 is 0 Å². The molecule has 0 fully saturated rings. The van der Waals surface area contributed by atoms with Gasteiger partial charge in [-0.2, -0.15) is 5.10 Å². The molecule has 0 aromatic heterocycles. The van der Waals surface area contributed by atoms with E-state index in [2.05, 4.69) is 25.9 Å². The van der Waals surface area contributed by atoms with Crippen LogP contribution in [-0.4, -0.2) is 29.7 Å². The molecule has 1 amide bonds. The monoisotopic (exact) mass is 239 g/mol. The molecule has 0 radical (unpaired) electrons. The van der Waals surface area contributed by atoms with Gasteiger partial charge in [0.25, 0.3) is 5.91 Å². The van der Waals surface area contributed by atoms with Crippen molar-refractivity contribution in [1.29, 1.82) is 0 Å². The summed E-state index contributed by atoms with van der Waals surface area (Å²) in [7, 11) is 0. The normalized spacial score (nSPS) is 20.3. The fourth-order valence-electron chi connectivity index (χ4n) is 2.14. The number of rotatable bonds is 7. The minimum atomic E-state index is -0.0181. The standard InChI is InChI=1S/C13H25N3O/c1-4-5-9-16-13(17)11(7-6-8-14)12(15-16)10(2)3/h10-11H,4-9,14H2,1-3H3. The van der Waals surface area contributed by atoms with Crippen molar-refractivity contribution in [2.45, 2.75) is 46.5 Å². The van der Waals surface area contributed by atoms with Crippen LogP contribution in [0.5, 0.6) is 0 Å². The van der Waals surface area contributed by atoms with Crippen LogP contribution in [0.15, 0.2) is 5.10 Å². The third-order valence-corrected chi connectivity index (χ3v) is 3.16. The van der Waals surface area contributed by atoms with Gasteiger partial charge in [0.15, 0.2) is 0 Å². The molecule has 1 rings (SSSR count). The third-order valence-electron chi connectivity index (χ3n) is 3.16. The molecule has 2 N–H and O–H groups in total. The Morgan fingerprint density at radius 2 is 2.12 bits per heavy atom. The summed E-state index contributed by atoms with van der Waals surface area (Å²) in [5.41, 5.74) is 6.56. The molecular formula is C13H25N3O. The maximum atomic E-state index is 12.2. The van der Waals surface area contributed by atoms with E-state index in [1.165, 1.54) is 0 Å². The van der Waals surface area contributed by atoms with E-state index in [4.69, 9.17) is 5.73 Å². The molecule has 4 nitrogen and oxygen atoms in total. The van der Waals surface area contributed by atoms with Crippen LogP contribution in [0.25, 0.3) is 0 Å². The van der Waals surface area contributed by atoms with Crippen LogP contribution in [0.1, 0.15) is 46.5 Å². The maximum absolute atomic E-state index is 12.2. The van der Waals surface area contributed by atoms with Crippen LogP contribution in [0.3, 0.4) is 0 Å². The van der Waals surface area contributed by atoms with Crippen molar-refractivity contribution < 1.29 is 4.79 Å². The number of hydrazone groups is 1. The highest BCUT2D eigenvalue weighted by Gasteiger charge is 2.35. The second-order valence-corrected chi connectivity index (χ2v) is 4.98. The van der Waals surface area contributed by atoms with Gasteiger partial charge in [-0.25, -0.2) is 5.01 Å². The molecule has 1 aliphatic rings. The first-order valence-corrected chi connectivity index (χ1v) is 6.71. The quantitative estimate of drug-likeness (QED) is 0.738. The zero-order valence-corrected chi connectivity index (χ0v) is 11.3. The van der Waals surface area contributed by atoms with Gasteiger partial charge in [-0.15, -0.1) is 0 Å². The Labute approximate surface area is 104 Å². The Kier molecular flexibility index (Phi) is 5.62. The predicted molar refractivity (Wildman–Crippen MR) is 70.7 cm³/mol. The third kappa shape index (κ3) is 3.53. The number of hydrogen-bond donors (Lipinski definition) is 1. The first-order chi connectivity index (χ1) is 8.11. The summed E-state index contributed by atoms with van der Waals surface area (Å²) in [5, 5.41) is 6.17. The molecule has 0 saturated heterocycles. The van der Waals surface area contributed by atoms with Crippen LogP contribution in [0, 0.1) is 11.8 Å². The van der Waals surface area contributed by atoms with E-state index in [-0.39, 0.29) is 11.8 Å². The van der Waals surface area contributed by atoms with Crippen LogP contribution in [-0.2, 0) is 4.79 Å². The molecule has 1 aliphatic heterocycles. The highest BCUT2D eigenvalue weighted by molar-refractivity contribution is 6.08. The van der Waals surface area contributed by atoms with E-state index in [0.717, 1.165) is 37.9 Å². The van der Waals surface area contributed by atoms with E-state index < -0.39 is 0 Å². The van der Waals surface area contributed by atoms with Crippen LogP contribution < -0.4 is 5.73 Å². The lowest BCUT2D eigenvalue weighted by Crippen LogP contribution is -2.29. The molecule has 0 bridgehead atoms. The predicted octanol–water partition coefficient (Wildman–Crippen LogP) is 2.00. The summed E-state index contributed by atoms with van der Waals surface area (Å²) in [6.45, 7) is 7.73. The Bertz CT molecular complexity index is 286. The Morgan fingerprint density at radius 1 is 1.41 bits per heavy atom. The highest BCUT2D eigenvalue weighted by Crippen LogP contribution is 2.24. The van der Waals surface area contributed by atoms with E-state index in [0.29, 0.717) is 12.5 Å². The number of hydrogen-bond acceptors (Lipinski definition) is 3. The van der Waals surface area contributed by atoms with Crippen LogP contribution in [0.4, 0.5) is 0 Å². The minimum Gasteiger partial charge on any atom is -0.330 e. The van der Waals surface area contributed by atoms with Crippen molar-refractivity contribution in [3.8, 4) is 0 Å². The number of unbranched alkanes of at least 4 members (excludes halogenated alkanes) is 1. The van der Waals surface area contributed by atoms with Gasteiger partial charge < -0.3 is 5.73 Å². The SMILES string of the molecule is CCCCN1N=C(C(C)C)C(CCCN)C1=O. The molecule has 17 heavy (non-hydrogen) atoms. The molecule has 0 saturated carbocycles. The van der Waals surface area contributed by atoms with Crippen molar-refractivity contribution in [3.05, 3.63) is 0 Å². The fraction of sp³-hybridized carbons (Fsp3) is 0.846. The smallest absolute Gasteiger partial charge is 0.251 e. The average Bonchev–Trinajstić information content (AvgIpc) is 2.61. The molecule has 4 heteroatoms. The number of nitrogens with two attached hydrogens (primary N) is 1. The summed E-state index contributed by atoms with van der Waals surface area (Å²) < 4.78 is 0. The number of carbonyl (C=O) groups is 1. The topological polar surface area (TPSA) is 58.7 Å². The van der Waals surface area contributed by atoms with Gasteiger partial charge in [-0.3, -0.25) is 4.79 Å². The lowest BCUT2D eigenvalue weighted by Gasteiger charge is -2.14. The zero-order valence-electron chi connectivity index (χ0n) is 11.3. The van der Waals surface area contributed by atoms with E-state index in [1.807, 2.05) is 0 Å². The molecular weight excluding hydrogens is 214 g/mol. The summed E-state index contributed by atoms with van der Waals surface area (Å²) in [4.78, 5) is 12.2. The Morgan fingerprint density at radius 3 is 2.65 bits per heavy atom. The second kappa shape index (κ2) is 6.74. The fourth-order valence-corrected chi connectivity index (χ4v) is 2.14. The van der Waals surface area contributed by atoms with Crippen molar-refractivity contribution in [2.75, 3.05) is 13.1 Å². The zero-order chi connectivity index (χ0) is 12.8. The van der Waals surface area contributed by atoms with Crippen molar-refractivity contribution in [2.24, 2.45) is 22.7 Å². The molecule has 0 aromatic rings. The van der Waals surface area contributed by atoms with Crippen molar-refractivity contribution in [3.63, 3.8) is 0 Å². The van der Waals surface area contributed by atoms with Crippen molar-refractivity contribution >= 4 is 11.6 Å². The maximum Gasteiger partial charge on any atom is 0.251 e. The van der Waals surface area contributed by atoms with Crippen LogP contribution in [0.2, 0.25) is 0 Å². The van der Waals surface area contributed by atoms with Crippen molar-refractivity contribution in [1.82, 2.24) is 5.01 Å². The molecule has 0 aliphatic carbocycles. The second-order valence-electron chi connectivity index (χ2n) is 4.98. The lowest BCUT2D eigenvalue weighted by atomic mass is 9.90. The first-order valence-electron chi connectivity index (χ1n) is 6.71. The van der Waals surface area contributed by atoms with Gasteiger partial charge in [-0.05, 0) is 31.7 Å². The highest BCUT2D eigenvalue weighted by atomic mass is 16.2. The Balaban J connectivity index is 2.69. The van der Waals surface area contributed by atoms with Gasteiger partial charge in [0.1, 0.15) is 0 Å². The molecule has 1 atom stereocenters. The first kappa shape index (κ1) is 14.2. The van der Waals surface area contributed by atoms with E-state index in [9.17, 15) is 4.79 Å². The summed E-state index contributed by atoms with van der Waals surface area (Å²) in [6.07, 6.45) is 3.84. The minimum absolute atomic E-state index is 0.0181. The molecule has 98 valence electrons. The number of amides is 1. The van der Waals surface area contributed by atoms with Gasteiger partial charge >= 0.3 is 0 Å². The molecule has 0 spiro atoms. The Hall–Kier alpha value is -0.900. The molecule has 1 unspecified atom stereocenters. The summed E-state index contributed by atoms with van der Waals surface area (Å²) >= 11 is 0. The average molecular weight is 239 g/mol. The van der Waals surface area contributed by atoms with Gasteiger partial charge in [0.2, 0.25) is 0 Å². The van der Waals surface area contributed by atoms with Gasteiger partial charge in [0, 0.05) is 6.54 Å². The summed E-state index contributed by atoms with van der Waals surface area (Å²) in [5.74, 6) is 0.499.